The van der Waals surface area contributed by atoms with Gasteiger partial charge in [0, 0.05) is 0 Å². The van der Waals surface area contributed by atoms with Crippen LogP contribution in [0.1, 0.15) is 30.1 Å². The second-order valence-electron chi connectivity index (χ2n) is 5.46. The van der Waals surface area contributed by atoms with Crippen LogP contribution in [0, 0.1) is 5.92 Å². The SMILES string of the molecule is CC(NC(=O)c1cccc(Cl)c1Cl)C(=O)NC(C(=O)O)C1CC1. The molecule has 0 spiro atoms. The Bertz CT molecular complexity index is 646. The van der Waals surface area contributed by atoms with Gasteiger partial charge in [0.1, 0.15) is 12.1 Å². The number of carbonyl (C=O) groups excluding carboxylic acids is 2. The Hall–Kier alpha value is -1.79. The molecule has 0 aliphatic heterocycles. The van der Waals surface area contributed by atoms with Crippen LogP contribution in [0.3, 0.4) is 0 Å². The predicted molar refractivity (Wildman–Crippen MR) is 85.7 cm³/mol. The van der Waals surface area contributed by atoms with Gasteiger partial charge in [0.15, 0.2) is 0 Å². The highest BCUT2D eigenvalue weighted by Gasteiger charge is 2.38. The van der Waals surface area contributed by atoms with E-state index in [4.69, 9.17) is 28.3 Å². The second kappa shape index (κ2) is 7.19. The molecule has 0 bridgehead atoms. The number of carboxylic acid groups (broad SMARTS) is 1. The van der Waals surface area contributed by atoms with Crippen molar-refractivity contribution in [3.63, 3.8) is 0 Å². The van der Waals surface area contributed by atoms with E-state index in [1.54, 1.807) is 12.1 Å². The number of amides is 2. The van der Waals surface area contributed by atoms with Gasteiger partial charge in [-0.05, 0) is 37.8 Å². The summed E-state index contributed by atoms with van der Waals surface area (Å²) in [6, 6.07) is 2.78. The fourth-order valence-electron chi connectivity index (χ4n) is 2.11. The zero-order valence-corrected chi connectivity index (χ0v) is 13.8. The first kappa shape index (κ1) is 17.6. The quantitative estimate of drug-likeness (QED) is 0.725. The molecule has 1 fully saturated rings. The fraction of sp³-hybridized carbons (Fsp3) is 0.400. The van der Waals surface area contributed by atoms with Gasteiger partial charge < -0.3 is 15.7 Å². The molecule has 1 aliphatic rings. The summed E-state index contributed by atoms with van der Waals surface area (Å²) in [7, 11) is 0. The van der Waals surface area contributed by atoms with Crippen LogP contribution in [-0.2, 0) is 9.59 Å². The van der Waals surface area contributed by atoms with E-state index in [0.29, 0.717) is 0 Å². The van der Waals surface area contributed by atoms with Crippen molar-refractivity contribution in [3.05, 3.63) is 33.8 Å². The van der Waals surface area contributed by atoms with Crippen LogP contribution in [0.4, 0.5) is 0 Å². The van der Waals surface area contributed by atoms with E-state index in [2.05, 4.69) is 10.6 Å². The minimum Gasteiger partial charge on any atom is -0.480 e. The summed E-state index contributed by atoms with van der Waals surface area (Å²) in [5, 5.41) is 14.4. The molecule has 2 rings (SSSR count). The van der Waals surface area contributed by atoms with Crippen LogP contribution in [0.15, 0.2) is 18.2 Å². The zero-order valence-electron chi connectivity index (χ0n) is 12.3. The Kier molecular flexibility index (Phi) is 5.49. The van der Waals surface area contributed by atoms with Gasteiger partial charge in [0.25, 0.3) is 5.91 Å². The molecule has 2 amide bonds. The number of carbonyl (C=O) groups is 3. The molecule has 2 unspecified atom stereocenters. The Morgan fingerprint density at radius 1 is 1.22 bits per heavy atom. The molecule has 0 heterocycles. The molecule has 124 valence electrons. The molecule has 1 aromatic rings. The number of benzene rings is 1. The van der Waals surface area contributed by atoms with E-state index in [1.807, 2.05) is 0 Å². The van der Waals surface area contributed by atoms with Gasteiger partial charge in [-0.15, -0.1) is 0 Å². The predicted octanol–water partition coefficient (Wildman–Crippen LogP) is 2.09. The van der Waals surface area contributed by atoms with Gasteiger partial charge in [0.2, 0.25) is 5.91 Å². The van der Waals surface area contributed by atoms with Gasteiger partial charge in [-0.1, -0.05) is 29.3 Å². The lowest BCUT2D eigenvalue weighted by atomic mass is 10.1. The normalized spacial score (nSPS) is 16.3. The zero-order chi connectivity index (χ0) is 17.1. The molecule has 1 saturated carbocycles. The summed E-state index contributed by atoms with van der Waals surface area (Å²) in [5.74, 6) is -2.23. The molecule has 6 nitrogen and oxygen atoms in total. The third-order valence-corrected chi connectivity index (χ3v) is 4.41. The van der Waals surface area contributed by atoms with Gasteiger partial charge in [-0.3, -0.25) is 9.59 Å². The highest BCUT2D eigenvalue weighted by Crippen LogP contribution is 2.32. The maximum Gasteiger partial charge on any atom is 0.326 e. The minimum atomic E-state index is -1.07. The molecule has 0 saturated heterocycles. The molecule has 0 aromatic heterocycles. The van der Waals surface area contributed by atoms with Crippen molar-refractivity contribution >= 4 is 41.0 Å². The van der Waals surface area contributed by atoms with Crippen LogP contribution in [0.25, 0.3) is 0 Å². The number of halogens is 2. The number of hydrogen-bond donors (Lipinski definition) is 3. The number of aliphatic carboxylic acids is 1. The summed E-state index contributed by atoms with van der Waals surface area (Å²) in [6.07, 6.45) is 1.55. The van der Waals surface area contributed by atoms with Crippen molar-refractivity contribution in [1.82, 2.24) is 10.6 Å². The molecule has 3 N–H and O–H groups in total. The van der Waals surface area contributed by atoms with E-state index < -0.39 is 29.9 Å². The van der Waals surface area contributed by atoms with Crippen LogP contribution in [0.5, 0.6) is 0 Å². The topological polar surface area (TPSA) is 95.5 Å². The highest BCUT2D eigenvalue weighted by atomic mass is 35.5. The number of carboxylic acids is 1. The minimum absolute atomic E-state index is 0.0401. The smallest absolute Gasteiger partial charge is 0.326 e. The summed E-state index contributed by atoms with van der Waals surface area (Å²) < 4.78 is 0. The van der Waals surface area contributed by atoms with E-state index in [9.17, 15) is 14.4 Å². The van der Waals surface area contributed by atoms with E-state index in [1.165, 1.54) is 13.0 Å². The Morgan fingerprint density at radius 3 is 2.43 bits per heavy atom. The van der Waals surface area contributed by atoms with Crippen LogP contribution in [0.2, 0.25) is 10.0 Å². The van der Waals surface area contributed by atoms with Crippen molar-refractivity contribution in [2.24, 2.45) is 5.92 Å². The van der Waals surface area contributed by atoms with Crippen molar-refractivity contribution in [3.8, 4) is 0 Å². The first-order valence-corrected chi connectivity index (χ1v) is 7.85. The Morgan fingerprint density at radius 2 is 1.87 bits per heavy atom. The lowest BCUT2D eigenvalue weighted by molar-refractivity contribution is -0.142. The number of nitrogens with one attached hydrogen (secondary N) is 2. The maximum atomic E-state index is 12.1. The summed E-state index contributed by atoms with van der Waals surface area (Å²) in [5.41, 5.74) is 0.149. The molecular weight excluding hydrogens is 343 g/mol. The van der Waals surface area contributed by atoms with Gasteiger partial charge >= 0.3 is 5.97 Å². The summed E-state index contributed by atoms with van der Waals surface area (Å²) in [4.78, 5) is 35.3. The monoisotopic (exact) mass is 358 g/mol. The molecule has 1 aliphatic carbocycles. The van der Waals surface area contributed by atoms with Crippen LogP contribution >= 0.6 is 23.2 Å². The molecule has 1 aromatic carbocycles. The average molecular weight is 359 g/mol. The Labute approximate surface area is 143 Å². The van der Waals surface area contributed by atoms with Crippen molar-refractivity contribution in [1.29, 1.82) is 0 Å². The lowest BCUT2D eigenvalue weighted by Gasteiger charge is -2.18. The van der Waals surface area contributed by atoms with Crippen molar-refractivity contribution in [2.75, 3.05) is 0 Å². The van der Waals surface area contributed by atoms with Crippen molar-refractivity contribution in [2.45, 2.75) is 31.8 Å². The third-order valence-electron chi connectivity index (χ3n) is 3.59. The lowest BCUT2D eigenvalue weighted by Crippen LogP contribution is -2.51. The number of rotatable bonds is 6. The van der Waals surface area contributed by atoms with Gasteiger partial charge in [-0.25, -0.2) is 4.79 Å². The van der Waals surface area contributed by atoms with Crippen molar-refractivity contribution < 1.29 is 19.5 Å². The highest BCUT2D eigenvalue weighted by molar-refractivity contribution is 6.43. The molecule has 8 heteroatoms. The standard InChI is InChI=1S/C15H16Cl2N2O4/c1-7(13(20)19-12(15(22)23)8-5-6-8)18-14(21)9-3-2-4-10(16)11(9)17/h2-4,7-8,12H,5-6H2,1H3,(H,18,21)(H,19,20)(H,22,23). The van der Waals surface area contributed by atoms with E-state index in [-0.39, 0.29) is 21.5 Å². The first-order valence-electron chi connectivity index (χ1n) is 7.09. The van der Waals surface area contributed by atoms with Crippen LogP contribution < -0.4 is 10.6 Å². The largest absolute Gasteiger partial charge is 0.480 e. The van der Waals surface area contributed by atoms with E-state index >= 15 is 0 Å². The average Bonchev–Trinajstić information content (AvgIpc) is 3.31. The molecular formula is C15H16Cl2N2O4. The molecule has 2 atom stereocenters. The maximum absolute atomic E-state index is 12.1. The van der Waals surface area contributed by atoms with E-state index in [0.717, 1.165) is 12.8 Å². The molecule has 23 heavy (non-hydrogen) atoms. The number of hydrogen-bond acceptors (Lipinski definition) is 3. The van der Waals surface area contributed by atoms with Crippen LogP contribution in [-0.4, -0.2) is 35.0 Å². The summed E-state index contributed by atoms with van der Waals surface area (Å²) >= 11 is 11.8. The summed E-state index contributed by atoms with van der Waals surface area (Å²) in [6.45, 7) is 1.47. The Balaban J connectivity index is 1.98. The first-order chi connectivity index (χ1) is 10.8. The molecule has 0 radical (unpaired) electrons. The van der Waals surface area contributed by atoms with Gasteiger partial charge in [0.05, 0.1) is 15.6 Å². The van der Waals surface area contributed by atoms with Gasteiger partial charge in [-0.2, -0.15) is 0 Å². The second-order valence-corrected chi connectivity index (χ2v) is 6.24. The fourth-order valence-corrected chi connectivity index (χ4v) is 2.49. The third kappa shape index (κ3) is 4.36.